The molecule has 0 spiro atoms. The average molecular weight is 291 g/mol. The second kappa shape index (κ2) is 6.48. The van der Waals surface area contributed by atoms with Crippen LogP contribution in [0.25, 0.3) is 0 Å². The molecular formula is C17H25NO3. The van der Waals surface area contributed by atoms with Crippen LogP contribution < -0.4 is 10.1 Å². The summed E-state index contributed by atoms with van der Waals surface area (Å²) < 4.78 is 5.67. The van der Waals surface area contributed by atoms with E-state index >= 15 is 0 Å². The second-order valence-electron chi connectivity index (χ2n) is 6.51. The molecule has 1 amide bonds. The molecule has 4 heteroatoms. The van der Waals surface area contributed by atoms with Gasteiger partial charge in [0.25, 0.3) is 5.91 Å². The van der Waals surface area contributed by atoms with E-state index in [9.17, 15) is 4.79 Å². The normalized spacial score (nSPS) is 21.8. The Labute approximate surface area is 126 Å². The summed E-state index contributed by atoms with van der Waals surface area (Å²) in [6.07, 6.45) is 2.79. The molecule has 116 valence electrons. The summed E-state index contributed by atoms with van der Waals surface area (Å²) in [4.78, 5) is 12.3. The van der Waals surface area contributed by atoms with E-state index in [1.165, 1.54) is 0 Å². The maximum Gasteiger partial charge on any atom is 0.261 e. The van der Waals surface area contributed by atoms with Gasteiger partial charge in [-0.3, -0.25) is 4.79 Å². The Kier molecular flexibility index (Phi) is 4.88. The highest BCUT2D eigenvalue weighted by Crippen LogP contribution is 2.37. The van der Waals surface area contributed by atoms with E-state index in [2.05, 4.69) is 19.2 Å². The Morgan fingerprint density at radius 2 is 2.29 bits per heavy atom. The highest BCUT2D eigenvalue weighted by molar-refractivity contribution is 5.81. The largest absolute Gasteiger partial charge is 0.481 e. The standard InChI is InChI=1S/C17H25NO3/c1-12(21-14-7-4-6-13(10-14)11-19)16(20)18-15-8-5-9-17(15,2)3/h4,6-7,10,12,15,19H,5,8-9,11H2,1-3H3,(H,18,20). The van der Waals surface area contributed by atoms with Crippen molar-refractivity contribution in [2.24, 2.45) is 5.41 Å². The number of carbonyl (C=O) groups is 1. The molecule has 2 unspecified atom stereocenters. The molecule has 2 rings (SSSR count). The van der Waals surface area contributed by atoms with Gasteiger partial charge < -0.3 is 15.2 Å². The summed E-state index contributed by atoms with van der Waals surface area (Å²) in [6, 6.07) is 7.40. The van der Waals surface area contributed by atoms with Crippen molar-refractivity contribution < 1.29 is 14.6 Å². The van der Waals surface area contributed by atoms with Gasteiger partial charge in [-0.05, 0) is 42.9 Å². The van der Waals surface area contributed by atoms with Crippen molar-refractivity contribution in [2.75, 3.05) is 0 Å². The molecule has 0 radical (unpaired) electrons. The van der Waals surface area contributed by atoms with Gasteiger partial charge in [0.05, 0.1) is 6.61 Å². The van der Waals surface area contributed by atoms with Crippen molar-refractivity contribution in [1.29, 1.82) is 0 Å². The minimum absolute atomic E-state index is 0.0337. The fraction of sp³-hybridized carbons (Fsp3) is 0.588. The molecule has 1 aliphatic carbocycles. The van der Waals surface area contributed by atoms with E-state index in [1.54, 1.807) is 19.1 Å². The van der Waals surface area contributed by atoms with Crippen molar-refractivity contribution >= 4 is 5.91 Å². The van der Waals surface area contributed by atoms with Gasteiger partial charge in [0.15, 0.2) is 6.10 Å². The molecule has 2 N–H and O–H groups in total. The average Bonchev–Trinajstić information content (AvgIpc) is 2.78. The van der Waals surface area contributed by atoms with E-state index < -0.39 is 6.10 Å². The molecule has 1 aromatic rings. The third-order valence-electron chi connectivity index (χ3n) is 4.34. The van der Waals surface area contributed by atoms with Crippen molar-refractivity contribution in [3.63, 3.8) is 0 Å². The SMILES string of the molecule is CC(Oc1cccc(CO)c1)C(=O)NC1CCCC1(C)C. The van der Waals surface area contributed by atoms with Crippen LogP contribution in [0, 0.1) is 5.41 Å². The molecule has 0 saturated heterocycles. The van der Waals surface area contributed by atoms with Crippen molar-refractivity contribution in [2.45, 2.75) is 58.8 Å². The first-order chi connectivity index (χ1) is 9.92. The quantitative estimate of drug-likeness (QED) is 0.877. The molecule has 1 aliphatic rings. The van der Waals surface area contributed by atoms with Crippen LogP contribution in [0.5, 0.6) is 5.75 Å². The molecule has 0 heterocycles. The lowest BCUT2D eigenvalue weighted by molar-refractivity contribution is -0.128. The van der Waals surface area contributed by atoms with Gasteiger partial charge in [0.1, 0.15) is 5.75 Å². The number of hydrogen-bond donors (Lipinski definition) is 2. The van der Waals surface area contributed by atoms with Crippen LogP contribution in [0.3, 0.4) is 0 Å². The van der Waals surface area contributed by atoms with Crippen LogP contribution in [0.15, 0.2) is 24.3 Å². The number of hydrogen-bond acceptors (Lipinski definition) is 3. The van der Waals surface area contributed by atoms with Gasteiger partial charge in [0.2, 0.25) is 0 Å². The Hall–Kier alpha value is -1.55. The first-order valence-electron chi connectivity index (χ1n) is 7.59. The van der Waals surface area contributed by atoms with Crippen LogP contribution in [0.2, 0.25) is 0 Å². The number of benzene rings is 1. The predicted molar refractivity (Wildman–Crippen MR) is 82.0 cm³/mol. The Morgan fingerprint density at radius 1 is 1.52 bits per heavy atom. The minimum Gasteiger partial charge on any atom is -0.481 e. The monoisotopic (exact) mass is 291 g/mol. The van der Waals surface area contributed by atoms with Crippen molar-refractivity contribution in [3.8, 4) is 5.75 Å². The second-order valence-corrected chi connectivity index (χ2v) is 6.51. The third kappa shape index (κ3) is 3.97. The molecule has 0 aromatic heterocycles. The minimum atomic E-state index is -0.546. The third-order valence-corrected chi connectivity index (χ3v) is 4.34. The smallest absolute Gasteiger partial charge is 0.261 e. The Balaban J connectivity index is 1.93. The Bertz CT molecular complexity index is 499. The fourth-order valence-corrected chi connectivity index (χ4v) is 2.86. The van der Waals surface area contributed by atoms with Crippen LogP contribution >= 0.6 is 0 Å². The van der Waals surface area contributed by atoms with Crippen LogP contribution in [-0.4, -0.2) is 23.2 Å². The number of aliphatic hydroxyl groups is 1. The number of nitrogens with one attached hydrogen (secondary N) is 1. The number of ether oxygens (including phenoxy) is 1. The summed E-state index contributed by atoms with van der Waals surface area (Å²) in [5, 5.41) is 12.2. The summed E-state index contributed by atoms with van der Waals surface area (Å²) in [5.41, 5.74) is 0.934. The van der Waals surface area contributed by atoms with Crippen molar-refractivity contribution in [3.05, 3.63) is 29.8 Å². The van der Waals surface area contributed by atoms with Crippen LogP contribution in [0.1, 0.15) is 45.6 Å². The topological polar surface area (TPSA) is 58.6 Å². The lowest BCUT2D eigenvalue weighted by atomic mass is 9.87. The first-order valence-corrected chi connectivity index (χ1v) is 7.59. The van der Waals surface area contributed by atoms with Crippen LogP contribution in [0.4, 0.5) is 0 Å². The highest BCUT2D eigenvalue weighted by atomic mass is 16.5. The van der Waals surface area contributed by atoms with Gasteiger partial charge in [-0.15, -0.1) is 0 Å². The molecule has 4 nitrogen and oxygen atoms in total. The summed E-state index contributed by atoms with van der Waals surface area (Å²) in [6.45, 7) is 6.11. The molecule has 1 saturated carbocycles. The molecule has 0 aliphatic heterocycles. The summed E-state index contributed by atoms with van der Waals surface area (Å²) in [5.74, 6) is 0.527. The highest BCUT2D eigenvalue weighted by Gasteiger charge is 2.36. The zero-order valence-electron chi connectivity index (χ0n) is 13.1. The van der Waals surface area contributed by atoms with E-state index in [1.807, 2.05) is 12.1 Å². The maximum absolute atomic E-state index is 12.3. The van der Waals surface area contributed by atoms with Gasteiger partial charge in [-0.1, -0.05) is 32.4 Å². The van der Waals surface area contributed by atoms with E-state index in [0.717, 1.165) is 24.8 Å². The van der Waals surface area contributed by atoms with E-state index in [4.69, 9.17) is 9.84 Å². The first kappa shape index (κ1) is 15.8. The zero-order chi connectivity index (χ0) is 15.5. The van der Waals surface area contributed by atoms with Crippen molar-refractivity contribution in [1.82, 2.24) is 5.32 Å². The summed E-state index contributed by atoms with van der Waals surface area (Å²) in [7, 11) is 0. The van der Waals surface area contributed by atoms with E-state index in [0.29, 0.717) is 5.75 Å². The zero-order valence-corrected chi connectivity index (χ0v) is 13.1. The van der Waals surface area contributed by atoms with Gasteiger partial charge in [0, 0.05) is 6.04 Å². The lowest BCUT2D eigenvalue weighted by Gasteiger charge is -2.29. The van der Waals surface area contributed by atoms with E-state index in [-0.39, 0.29) is 24.0 Å². The van der Waals surface area contributed by atoms with Gasteiger partial charge in [-0.25, -0.2) is 0 Å². The summed E-state index contributed by atoms with van der Waals surface area (Å²) >= 11 is 0. The van der Waals surface area contributed by atoms with Gasteiger partial charge in [-0.2, -0.15) is 0 Å². The van der Waals surface area contributed by atoms with Crippen LogP contribution in [-0.2, 0) is 11.4 Å². The lowest BCUT2D eigenvalue weighted by Crippen LogP contribution is -2.46. The number of aliphatic hydroxyl groups excluding tert-OH is 1. The van der Waals surface area contributed by atoms with Gasteiger partial charge >= 0.3 is 0 Å². The fourth-order valence-electron chi connectivity index (χ4n) is 2.86. The number of rotatable bonds is 5. The maximum atomic E-state index is 12.3. The molecule has 1 fully saturated rings. The molecular weight excluding hydrogens is 266 g/mol. The number of amides is 1. The molecule has 2 atom stereocenters. The molecule has 21 heavy (non-hydrogen) atoms. The molecule has 1 aromatic carbocycles. The predicted octanol–water partition coefficient (Wildman–Crippen LogP) is 2.64. The Morgan fingerprint density at radius 3 is 2.90 bits per heavy atom. The molecule has 0 bridgehead atoms. The number of carbonyl (C=O) groups excluding carboxylic acids is 1.